The molecule has 2 aliphatic heterocycles. The summed E-state index contributed by atoms with van der Waals surface area (Å²) in [5.74, 6) is -1.79. The molecule has 1 aromatic carbocycles. The van der Waals surface area contributed by atoms with Gasteiger partial charge in [0.1, 0.15) is 17.9 Å². The first-order chi connectivity index (χ1) is 33.3. The molecule has 0 aromatic heterocycles. The van der Waals surface area contributed by atoms with Gasteiger partial charge in [0.2, 0.25) is 17.7 Å². The molecule has 1 saturated carbocycles. The van der Waals surface area contributed by atoms with E-state index >= 15 is 0 Å². The standard InChI is InChI=1S/C54H90N6O10/c1-13-37(6)49(58(10)52(65)47(35(2)3)56-51(64)48(36(4)5)57(9)28-21-26-46(63)70-38(7)34-55)44(67-11)32-45(62)59-29-20-24-42(59)50(68-12)39(8)43(61)25-19-27-54(53(66)60-30-17-18-31-69-60)33-41(54)40-22-15-14-16-23-40/h14-16,22-23,35-39,41-42,44,47-50H,13,17-21,24-34,55H2,1-12H3,(H,56,64). The van der Waals surface area contributed by atoms with Crippen molar-refractivity contribution >= 4 is 35.4 Å². The van der Waals surface area contributed by atoms with Gasteiger partial charge in [-0.3, -0.25) is 38.5 Å². The first-order valence-electron chi connectivity index (χ1n) is 26.3. The largest absolute Gasteiger partial charge is 0.461 e. The van der Waals surface area contributed by atoms with Crippen LogP contribution in [0.4, 0.5) is 0 Å². The Bertz CT molecular complexity index is 1850. The van der Waals surface area contributed by atoms with Gasteiger partial charge in [-0.15, -0.1) is 0 Å². The molecule has 4 rings (SSSR count). The molecule has 1 aliphatic carbocycles. The number of amides is 4. The van der Waals surface area contributed by atoms with Crippen LogP contribution in [0, 0.1) is 29.1 Å². The Labute approximate surface area is 419 Å². The van der Waals surface area contributed by atoms with Gasteiger partial charge in [-0.25, -0.2) is 5.06 Å². The number of benzene rings is 1. The number of methoxy groups -OCH3 is 2. The van der Waals surface area contributed by atoms with Crippen molar-refractivity contribution in [3.8, 4) is 0 Å². The van der Waals surface area contributed by atoms with Crippen molar-refractivity contribution in [3.63, 3.8) is 0 Å². The van der Waals surface area contributed by atoms with Crippen molar-refractivity contribution in [1.29, 1.82) is 0 Å². The van der Waals surface area contributed by atoms with Crippen LogP contribution in [0.5, 0.6) is 0 Å². The zero-order chi connectivity index (χ0) is 51.9. The highest BCUT2D eigenvalue weighted by Crippen LogP contribution is 2.63. The van der Waals surface area contributed by atoms with Gasteiger partial charge in [-0.2, -0.15) is 0 Å². The fraction of sp³-hybridized carbons (Fsp3) is 0.778. The van der Waals surface area contributed by atoms with E-state index in [1.807, 2.05) is 83.5 Å². The lowest BCUT2D eigenvalue weighted by Gasteiger charge is -2.41. The number of rotatable bonds is 29. The van der Waals surface area contributed by atoms with E-state index in [-0.39, 0.29) is 90.6 Å². The first kappa shape index (κ1) is 58.6. The number of hydroxylamine groups is 2. The maximum Gasteiger partial charge on any atom is 0.306 e. The van der Waals surface area contributed by atoms with Crippen LogP contribution in [0.25, 0.3) is 0 Å². The Hall–Kier alpha value is -3.96. The molecular weight excluding hydrogens is 893 g/mol. The molecule has 3 aliphatic rings. The molecule has 11 atom stereocenters. The van der Waals surface area contributed by atoms with Crippen LogP contribution in [0.15, 0.2) is 30.3 Å². The van der Waals surface area contributed by atoms with E-state index in [0.29, 0.717) is 64.8 Å². The molecule has 3 fully saturated rings. The molecule has 0 spiro atoms. The number of hydrogen-bond acceptors (Lipinski definition) is 12. The van der Waals surface area contributed by atoms with Crippen LogP contribution in [0.2, 0.25) is 0 Å². The van der Waals surface area contributed by atoms with Crippen molar-refractivity contribution in [3.05, 3.63) is 35.9 Å². The Morgan fingerprint density at radius 2 is 1.60 bits per heavy atom. The molecule has 4 amide bonds. The average Bonchev–Trinajstić information content (AvgIpc) is 3.88. The lowest BCUT2D eigenvalue weighted by Crippen LogP contribution is -2.60. The second kappa shape index (κ2) is 27.8. The third-order valence-electron chi connectivity index (χ3n) is 15.5. The number of hydrogen-bond donors (Lipinski definition) is 2. The van der Waals surface area contributed by atoms with Crippen LogP contribution in [-0.2, 0) is 47.8 Å². The Kier molecular flexibility index (Phi) is 23.2. The SMILES string of the molecule is CCC(C)C(C(CC(=O)N1CCCC1C(OC)C(C)C(=O)CCCC1(C(=O)N2CCCCO2)CC1c1ccccc1)OC)N(C)C(=O)C(NC(=O)C(C(C)C)N(C)CCCC(=O)OC(C)CN)C(C)C. The van der Waals surface area contributed by atoms with Crippen molar-refractivity contribution in [1.82, 2.24) is 25.1 Å². The lowest BCUT2D eigenvalue weighted by atomic mass is 9.87. The summed E-state index contributed by atoms with van der Waals surface area (Å²) < 4.78 is 17.5. The number of ether oxygens (including phenoxy) is 3. The number of nitrogens with zero attached hydrogens (tertiary/aromatic N) is 4. The summed E-state index contributed by atoms with van der Waals surface area (Å²) in [7, 11) is 6.74. The molecule has 16 heteroatoms. The summed E-state index contributed by atoms with van der Waals surface area (Å²) in [5, 5.41) is 4.64. The minimum atomic E-state index is -0.853. The van der Waals surface area contributed by atoms with Crippen LogP contribution < -0.4 is 11.1 Å². The highest BCUT2D eigenvalue weighted by molar-refractivity contribution is 5.90. The average molecular weight is 983 g/mol. The third-order valence-corrected chi connectivity index (χ3v) is 15.5. The molecule has 70 heavy (non-hydrogen) atoms. The topological polar surface area (TPSA) is 190 Å². The van der Waals surface area contributed by atoms with Gasteiger partial charge in [0, 0.05) is 59.7 Å². The summed E-state index contributed by atoms with van der Waals surface area (Å²) in [5.41, 5.74) is 6.13. The normalized spacial score (nSPS) is 22.7. The highest BCUT2D eigenvalue weighted by atomic mass is 16.7. The Balaban J connectivity index is 1.41. The Morgan fingerprint density at radius 3 is 2.19 bits per heavy atom. The first-order valence-corrected chi connectivity index (χ1v) is 26.3. The number of esters is 1. The zero-order valence-corrected chi connectivity index (χ0v) is 44.8. The molecular formula is C54H90N6O10. The summed E-state index contributed by atoms with van der Waals surface area (Å²) in [6.07, 6.45) is 5.29. The van der Waals surface area contributed by atoms with Crippen molar-refractivity contribution in [2.45, 2.75) is 181 Å². The maximum atomic E-state index is 14.6. The van der Waals surface area contributed by atoms with Crippen molar-refractivity contribution in [2.24, 2.45) is 34.8 Å². The van der Waals surface area contributed by atoms with Gasteiger partial charge in [-0.05, 0) is 101 Å². The van der Waals surface area contributed by atoms with Gasteiger partial charge in [0.25, 0.3) is 5.91 Å². The predicted octanol–water partition coefficient (Wildman–Crippen LogP) is 6.14. The molecule has 0 radical (unpaired) electrons. The van der Waals surface area contributed by atoms with Gasteiger partial charge >= 0.3 is 5.97 Å². The minimum Gasteiger partial charge on any atom is -0.461 e. The third kappa shape index (κ3) is 15.0. The van der Waals surface area contributed by atoms with Gasteiger partial charge in [0.05, 0.1) is 48.8 Å². The molecule has 3 N–H and O–H groups in total. The maximum absolute atomic E-state index is 14.6. The number of likely N-dealkylation sites (tertiary alicyclic amines) is 1. The lowest BCUT2D eigenvalue weighted by molar-refractivity contribution is -0.203. The van der Waals surface area contributed by atoms with Gasteiger partial charge in [-0.1, -0.05) is 85.2 Å². The highest BCUT2D eigenvalue weighted by Gasteiger charge is 2.61. The number of ketones is 1. The van der Waals surface area contributed by atoms with E-state index in [4.69, 9.17) is 24.8 Å². The number of nitrogens with two attached hydrogens (primary N) is 1. The van der Waals surface area contributed by atoms with Gasteiger partial charge in [0.15, 0.2) is 0 Å². The second-order valence-electron chi connectivity index (χ2n) is 21.2. The van der Waals surface area contributed by atoms with E-state index in [1.54, 1.807) is 38.2 Å². The number of nitrogens with one attached hydrogen (secondary N) is 1. The van der Waals surface area contributed by atoms with E-state index in [2.05, 4.69) is 17.4 Å². The predicted molar refractivity (Wildman–Crippen MR) is 270 cm³/mol. The second-order valence-corrected chi connectivity index (χ2v) is 21.2. The smallest absolute Gasteiger partial charge is 0.306 e. The minimum absolute atomic E-state index is 0.00934. The zero-order valence-electron chi connectivity index (χ0n) is 44.8. The quantitative estimate of drug-likeness (QED) is 0.0874. The summed E-state index contributed by atoms with van der Waals surface area (Å²) >= 11 is 0. The van der Waals surface area contributed by atoms with E-state index < -0.39 is 41.7 Å². The van der Waals surface area contributed by atoms with E-state index in [0.717, 1.165) is 31.2 Å². The molecule has 2 heterocycles. The molecule has 2 saturated heterocycles. The summed E-state index contributed by atoms with van der Waals surface area (Å²) in [6.45, 7) is 17.8. The van der Waals surface area contributed by atoms with Crippen molar-refractivity contribution in [2.75, 3.05) is 61.1 Å². The van der Waals surface area contributed by atoms with Crippen LogP contribution in [-0.4, -0.2) is 159 Å². The van der Waals surface area contributed by atoms with Crippen molar-refractivity contribution < 1.29 is 47.8 Å². The molecule has 0 bridgehead atoms. The molecule has 11 unspecified atom stereocenters. The molecule has 1 aromatic rings. The van der Waals surface area contributed by atoms with E-state index in [1.165, 1.54) is 0 Å². The number of Topliss-reactive ketones (excluding diaryl/α,β-unsaturated/α-hetero) is 1. The number of carbonyl (C=O) groups is 6. The van der Waals surface area contributed by atoms with E-state index in [9.17, 15) is 28.8 Å². The van der Waals surface area contributed by atoms with Gasteiger partial charge < -0.3 is 35.1 Å². The number of carbonyl (C=O) groups excluding carboxylic acids is 6. The fourth-order valence-electron chi connectivity index (χ4n) is 11.1. The summed E-state index contributed by atoms with van der Waals surface area (Å²) in [6, 6.07) is 7.89. The summed E-state index contributed by atoms with van der Waals surface area (Å²) in [4.78, 5) is 94.7. The van der Waals surface area contributed by atoms with Crippen LogP contribution in [0.1, 0.15) is 144 Å². The Morgan fingerprint density at radius 1 is 0.900 bits per heavy atom. The molecule has 396 valence electrons. The van der Waals surface area contributed by atoms with Crippen LogP contribution in [0.3, 0.4) is 0 Å². The molecule has 16 nitrogen and oxygen atoms in total. The van der Waals surface area contributed by atoms with Crippen LogP contribution >= 0.6 is 0 Å². The number of likely N-dealkylation sites (N-methyl/N-ethyl adjacent to an activating group) is 2. The monoisotopic (exact) mass is 983 g/mol. The fourth-order valence-corrected chi connectivity index (χ4v) is 11.1.